The summed E-state index contributed by atoms with van der Waals surface area (Å²) >= 11 is 0. The van der Waals surface area contributed by atoms with Gasteiger partial charge in [-0.1, -0.05) is 78.9 Å². The molecule has 110 valence electrons. The monoisotopic (exact) mass is 324 g/mol. The molecule has 1 unspecified atom stereocenters. The summed E-state index contributed by atoms with van der Waals surface area (Å²) in [5, 5.41) is 2.54. The molecule has 3 rings (SSSR count). The average Bonchev–Trinajstić information content (AvgIpc) is 2.62. The molecule has 22 heavy (non-hydrogen) atoms. The maximum atomic E-state index is 12.7. The molecule has 0 heterocycles. The molecule has 0 bridgehead atoms. The van der Waals surface area contributed by atoms with Crippen molar-refractivity contribution in [2.75, 3.05) is 5.49 Å². The zero-order valence-corrected chi connectivity index (χ0v) is 13.8. The first kappa shape index (κ1) is 15.1. The first-order valence-electron chi connectivity index (χ1n) is 7.15. The standard InChI is InChI=1S/C19H17OPS/c20-22(19-14-8-3-9-15-19)16-21(17-10-4-1-5-11-17)18-12-6-2-7-13-18/h1-15H,16H2. The van der Waals surface area contributed by atoms with Gasteiger partial charge in [-0.3, -0.25) is 4.21 Å². The first-order valence-corrected chi connectivity index (χ1v) is 10.0. The van der Waals surface area contributed by atoms with E-state index in [9.17, 15) is 4.21 Å². The SMILES string of the molecule is O=S(CP(c1ccccc1)c1ccccc1)c1ccccc1. The van der Waals surface area contributed by atoms with E-state index in [4.69, 9.17) is 0 Å². The van der Waals surface area contributed by atoms with Crippen molar-refractivity contribution >= 4 is 29.3 Å². The van der Waals surface area contributed by atoms with Crippen LogP contribution in [0.4, 0.5) is 0 Å². The Hall–Kier alpha value is -1.76. The van der Waals surface area contributed by atoms with Crippen LogP contribution in [0.15, 0.2) is 95.9 Å². The summed E-state index contributed by atoms with van der Waals surface area (Å²) in [4.78, 5) is 0.905. The van der Waals surface area contributed by atoms with Gasteiger partial charge in [0.25, 0.3) is 0 Å². The molecule has 0 saturated heterocycles. The molecule has 3 aromatic carbocycles. The molecule has 0 N–H and O–H groups in total. The fourth-order valence-electron chi connectivity index (χ4n) is 2.28. The fraction of sp³-hybridized carbons (Fsp3) is 0.0526. The van der Waals surface area contributed by atoms with Gasteiger partial charge in [0.1, 0.15) is 0 Å². The number of hydrogen-bond donors (Lipinski definition) is 0. The highest BCUT2D eigenvalue weighted by Gasteiger charge is 2.17. The van der Waals surface area contributed by atoms with Crippen LogP contribution >= 0.6 is 7.92 Å². The van der Waals surface area contributed by atoms with Gasteiger partial charge < -0.3 is 0 Å². The van der Waals surface area contributed by atoms with Gasteiger partial charge in [0.15, 0.2) is 0 Å². The second-order valence-corrected chi connectivity index (χ2v) is 8.97. The van der Waals surface area contributed by atoms with Crippen LogP contribution in [0.5, 0.6) is 0 Å². The molecular weight excluding hydrogens is 307 g/mol. The van der Waals surface area contributed by atoms with E-state index in [1.807, 2.05) is 42.5 Å². The van der Waals surface area contributed by atoms with E-state index in [0.717, 1.165) is 4.90 Å². The summed E-state index contributed by atoms with van der Waals surface area (Å²) in [6.07, 6.45) is 0. The van der Waals surface area contributed by atoms with Crippen molar-refractivity contribution in [3.05, 3.63) is 91.0 Å². The Kier molecular flexibility index (Phi) is 5.15. The number of hydrogen-bond acceptors (Lipinski definition) is 1. The summed E-state index contributed by atoms with van der Waals surface area (Å²) in [5.74, 6) is 0. The largest absolute Gasteiger partial charge is 0.254 e. The Balaban J connectivity index is 1.91. The maximum absolute atomic E-state index is 12.7. The Morgan fingerprint density at radius 1 is 0.636 bits per heavy atom. The van der Waals surface area contributed by atoms with E-state index in [2.05, 4.69) is 48.5 Å². The normalized spacial score (nSPS) is 12.2. The lowest BCUT2D eigenvalue weighted by atomic mass is 10.4. The molecule has 0 aromatic heterocycles. The van der Waals surface area contributed by atoms with Gasteiger partial charge in [0.2, 0.25) is 0 Å². The summed E-state index contributed by atoms with van der Waals surface area (Å²) in [6.45, 7) is 0. The van der Waals surface area contributed by atoms with Crippen molar-refractivity contribution in [3.63, 3.8) is 0 Å². The quantitative estimate of drug-likeness (QED) is 0.651. The number of rotatable bonds is 5. The lowest BCUT2D eigenvalue weighted by Crippen LogP contribution is -2.16. The zero-order valence-electron chi connectivity index (χ0n) is 12.1. The van der Waals surface area contributed by atoms with Crippen LogP contribution in [-0.4, -0.2) is 9.70 Å². The highest BCUT2D eigenvalue weighted by Crippen LogP contribution is 2.35. The van der Waals surface area contributed by atoms with Gasteiger partial charge in [-0.05, 0) is 30.7 Å². The molecule has 0 aliphatic heterocycles. The van der Waals surface area contributed by atoms with E-state index in [1.54, 1.807) is 0 Å². The number of benzene rings is 3. The summed E-state index contributed by atoms with van der Waals surface area (Å²) in [6, 6.07) is 30.6. The Bertz CT molecular complexity index is 690. The van der Waals surface area contributed by atoms with Crippen LogP contribution in [0.2, 0.25) is 0 Å². The van der Waals surface area contributed by atoms with Crippen molar-refractivity contribution in [2.24, 2.45) is 0 Å². The molecule has 0 aliphatic carbocycles. The molecule has 0 radical (unpaired) electrons. The van der Waals surface area contributed by atoms with Gasteiger partial charge in [-0.2, -0.15) is 0 Å². The Labute approximate surface area is 135 Å². The highest BCUT2D eigenvalue weighted by molar-refractivity contribution is 7.96. The van der Waals surface area contributed by atoms with E-state index >= 15 is 0 Å². The molecular formula is C19H17OPS. The molecule has 3 heteroatoms. The van der Waals surface area contributed by atoms with Gasteiger partial charge >= 0.3 is 0 Å². The second kappa shape index (κ2) is 7.49. The fourth-order valence-corrected chi connectivity index (χ4v) is 6.83. The maximum Gasteiger partial charge on any atom is 0.0579 e. The molecule has 0 fully saturated rings. The van der Waals surface area contributed by atoms with Crippen molar-refractivity contribution in [3.8, 4) is 0 Å². The third-order valence-corrected chi connectivity index (χ3v) is 8.00. The molecule has 0 aliphatic rings. The average molecular weight is 324 g/mol. The van der Waals surface area contributed by atoms with Crippen molar-refractivity contribution < 1.29 is 4.21 Å². The second-order valence-electron chi connectivity index (χ2n) is 4.89. The highest BCUT2D eigenvalue weighted by atomic mass is 32.2. The molecule has 1 atom stereocenters. The Morgan fingerprint density at radius 2 is 1.05 bits per heavy atom. The van der Waals surface area contributed by atoms with Crippen molar-refractivity contribution in [1.82, 2.24) is 0 Å². The van der Waals surface area contributed by atoms with Gasteiger partial charge in [-0.15, -0.1) is 0 Å². The molecule has 3 aromatic rings. The van der Waals surface area contributed by atoms with E-state index < -0.39 is 18.7 Å². The van der Waals surface area contributed by atoms with Crippen LogP contribution in [0, 0.1) is 0 Å². The van der Waals surface area contributed by atoms with Crippen LogP contribution < -0.4 is 10.6 Å². The predicted molar refractivity (Wildman–Crippen MR) is 96.8 cm³/mol. The van der Waals surface area contributed by atoms with E-state index in [1.165, 1.54) is 10.6 Å². The van der Waals surface area contributed by atoms with Gasteiger partial charge in [0, 0.05) is 4.90 Å². The topological polar surface area (TPSA) is 17.1 Å². The smallest absolute Gasteiger partial charge is 0.0579 e. The minimum Gasteiger partial charge on any atom is -0.254 e. The van der Waals surface area contributed by atoms with Gasteiger partial charge in [-0.25, -0.2) is 0 Å². The molecule has 0 amide bonds. The third kappa shape index (κ3) is 3.71. The van der Waals surface area contributed by atoms with Crippen LogP contribution in [0.3, 0.4) is 0 Å². The van der Waals surface area contributed by atoms with Crippen molar-refractivity contribution in [2.45, 2.75) is 4.90 Å². The molecule has 0 saturated carbocycles. The van der Waals surface area contributed by atoms with Crippen molar-refractivity contribution in [1.29, 1.82) is 0 Å². The summed E-state index contributed by atoms with van der Waals surface area (Å²) in [5.41, 5.74) is 0.660. The molecule has 1 nitrogen and oxygen atoms in total. The minimum absolute atomic E-state index is 0.614. The summed E-state index contributed by atoms with van der Waals surface area (Å²) < 4.78 is 12.7. The Morgan fingerprint density at radius 3 is 1.50 bits per heavy atom. The lowest BCUT2D eigenvalue weighted by molar-refractivity contribution is 0.686. The third-order valence-electron chi connectivity index (χ3n) is 3.39. The van der Waals surface area contributed by atoms with Crippen LogP contribution in [0.25, 0.3) is 0 Å². The summed E-state index contributed by atoms with van der Waals surface area (Å²) in [7, 11) is -1.60. The van der Waals surface area contributed by atoms with E-state index in [-0.39, 0.29) is 0 Å². The minimum atomic E-state index is -0.986. The predicted octanol–water partition coefficient (Wildman–Crippen LogP) is 3.88. The zero-order chi connectivity index (χ0) is 15.2. The first-order chi connectivity index (χ1) is 10.8. The molecule has 0 spiro atoms. The van der Waals surface area contributed by atoms with Gasteiger partial charge in [0.05, 0.1) is 16.3 Å². The van der Waals surface area contributed by atoms with Crippen LogP contribution in [0.1, 0.15) is 0 Å². The lowest BCUT2D eigenvalue weighted by Gasteiger charge is -2.18. The van der Waals surface area contributed by atoms with Crippen LogP contribution in [-0.2, 0) is 10.8 Å². The van der Waals surface area contributed by atoms with E-state index in [0.29, 0.717) is 5.49 Å².